The number of piperidine rings is 1. The molecule has 2 aromatic rings. The molecule has 1 saturated heterocycles. The lowest BCUT2D eigenvalue weighted by Crippen LogP contribution is -2.34. The van der Waals surface area contributed by atoms with E-state index < -0.39 is 0 Å². The predicted octanol–water partition coefficient (Wildman–Crippen LogP) is 5.28. The number of rotatable bonds is 8. The fourth-order valence-electron chi connectivity index (χ4n) is 4.98. The van der Waals surface area contributed by atoms with Crippen LogP contribution in [0.2, 0.25) is 0 Å². The number of hydrogen-bond donors (Lipinski definition) is 0. The average Bonchev–Trinajstić information content (AvgIpc) is 3.05. The summed E-state index contributed by atoms with van der Waals surface area (Å²) in [5.41, 5.74) is 2.92. The molecule has 166 valence electrons. The van der Waals surface area contributed by atoms with Crippen molar-refractivity contribution in [2.75, 3.05) is 26.3 Å². The van der Waals surface area contributed by atoms with Crippen molar-refractivity contribution in [1.82, 2.24) is 4.90 Å². The number of ketones is 1. The molecule has 0 radical (unpaired) electrons. The van der Waals surface area contributed by atoms with Crippen LogP contribution < -0.4 is 9.47 Å². The van der Waals surface area contributed by atoms with E-state index in [0.29, 0.717) is 24.9 Å². The van der Waals surface area contributed by atoms with Gasteiger partial charge in [-0.25, -0.2) is 4.39 Å². The van der Waals surface area contributed by atoms with Crippen LogP contribution in [0.3, 0.4) is 0 Å². The first-order chi connectivity index (χ1) is 15.1. The molecule has 1 heterocycles. The van der Waals surface area contributed by atoms with Gasteiger partial charge in [0.1, 0.15) is 5.82 Å². The minimum atomic E-state index is -0.174. The Morgan fingerprint density at radius 1 is 1.03 bits per heavy atom. The highest BCUT2D eigenvalue weighted by atomic mass is 19.1. The summed E-state index contributed by atoms with van der Waals surface area (Å²) in [5.74, 6) is 2.10. The number of fused-ring (bicyclic) bond motifs is 1. The second kappa shape index (κ2) is 9.82. The van der Waals surface area contributed by atoms with E-state index in [1.54, 1.807) is 12.1 Å². The van der Waals surface area contributed by atoms with Gasteiger partial charge in [0.05, 0.1) is 13.2 Å². The monoisotopic (exact) mass is 425 g/mol. The molecule has 0 spiro atoms. The Labute approximate surface area is 184 Å². The van der Waals surface area contributed by atoms with Crippen LogP contribution >= 0.6 is 0 Å². The van der Waals surface area contributed by atoms with Gasteiger partial charge in [0, 0.05) is 18.0 Å². The number of Topliss-reactive ketones (excluding diaryl/α,β-unsaturated/α-hetero) is 1. The van der Waals surface area contributed by atoms with E-state index >= 15 is 0 Å². The lowest BCUT2D eigenvalue weighted by atomic mass is 9.85. The van der Waals surface area contributed by atoms with Crippen LogP contribution in [-0.4, -0.2) is 37.0 Å². The van der Waals surface area contributed by atoms with Gasteiger partial charge >= 0.3 is 0 Å². The van der Waals surface area contributed by atoms with Gasteiger partial charge in [-0.15, -0.1) is 0 Å². The van der Waals surface area contributed by atoms with E-state index in [-0.39, 0.29) is 17.5 Å². The van der Waals surface area contributed by atoms with Gasteiger partial charge in [0.15, 0.2) is 17.3 Å². The van der Waals surface area contributed by atoms with Crippen molar-refractivity contribution < 1.29 is 18.7 Å². The highest BCUT2D eigenvalue weighted by Crippen LogP contribution is 2.40. The van der Waals surface area contributed by atoms with Gasteiger partial charge < -0.3 is 9.47 Å². The van der Waals surface area contributed by atoms with E-state index in [1.165, 1.54) is 6.07 Å². The van der Waals surface area contributed by atoms with Crippen molar-refractivity contribution in [2.45, 2.75) is 46.1 Å². The lowest BCUT2D eigenvalue weighted by molar-refractivity contribution is 0.0895. The van der Waals surface area contributed by atoms with Gasteiger partial charge in [0.25, 0.3) is 0 Å². The summed E-state index contributed by atoms with van der Waals surface area (Å²) in [6.45, 7) is 7.80. The number of hydrogen-bond acceptors (Lipinski definition) is 4. The lowest BCUT2D eigenvalue weighted by Gasteiger charge is -2.33. The zero-order chi connectivity index (χ0) is 21.8. The molecule has 4 nitrogen and oxygen atoms in total. The third-order valence-corrected chi connectivity index (χ3v) is 6.49. The molecule has 2 aromatic carbocycles. The van der Waals surface area contributed by atoms with Gasteiger partial charge in [-0.3, -0.25) is 9.69 Å². The topological polar surface area (TPSA) is 38.8 Å². The first-order valence-electron chi connectivity index (χ1n) is 11.5. The predicted molar refractivity (Wildman–Crippen MR) is 119 cm³/mol. The Bertz CT molecular complexity index is 921. The first kappa shape index (κ1) is 21.8. The quantitative estimate of drug-likeness (QED) is 0.577. The fourth-order valence-corrected chi connectivity index (χ4v) is 4.98. The maximum absolute atomic E-state index is 13.4. The third-order valence-electron chi connectivity index (χ3n) is 6.49. The van der Waals surface area contributed by atoms with Crippen molar-refractivity contribution in [3.05, 3.63) is 58.9 Å². The molecule has 0 amide bonds. The fraction of sp³-hybridized carbons (Fsp3) is 0.500. The summed E-state index contributed by atoms with van der Waals surface area (Å²) in [4.78, 5) is 15.5. The largest absolute Gasteiger partial charge is 0.490 e. The van der Waals surface area contributed by atoms with Crippen molar-refractivity contribution in [3.63, 3.8) is 0 Å². The van der Waals surface area contributed by atoms with Crippen molar-refractivity contribution in [1.29, 1.82) is 0 Å². The van der Waals surface area contributed by atoms with Crippen molar-refractivity contribution >= 4 is 5.78 Å². The number of benzene rings is 2. The van der Waals surface area contributed by atoms with Gasteiger partial charge in [0.2, 0.25) is 0 Å². The molecule has 1 unspecified atom stereocenters. The number of nitrogens with zero attached hydrogens (tertiary/aromatic N) is 1. The Kier molecular flexibility index (Phi) is 6.91. The van der Waals surface area contributed by atoms with E-state index in [9.17, 15) is 9.18 Å². The number of likely N-dealkylation sites (tertiary alicyclic amines) is 1. The maximum atomic E-state index is 13.4. The summed E-state index contributed by atoms with van der Waals surface area (Å²) in [6.07, 6.45) is 3.91. The number of carbonyl (C=O) groups excluding carboxylic acids is 1. The summed E-state index contributed by atoms with van der Waals surface area (Å²) in [6, 6.07) is 10.7. The molecule has 0 N–H and O–H groups in total. The molecule has 1 aliphatic heterocycles. The number of ether oxygens (including phenoxy) is 2. The van der Waals surface area contributed by atoms with Crippen LogP contribution in [0.4, 0.5) is 4.39 Å². The zero-order valence-corrected chi connectivity index (χ0v) is 18.5. The molecule has 5 heteroatoms. The molecular weight excluding hydrogens is 393 g/mol. The number of halogens is 1. The van der Waals surface area contributed by atoms with Crippen LogP contribution in [-0.2, 0) is 13.0 Å². The maximum Gasteiger partial charge on any atom is 0.166 e. The van der Waals surface area contributed by atoms with Crippen LogP contribution in [0.25, 0.3) is 0 Å². The van der Waals surface area contributed by atoms with Crippen LogP contribution in [0.5, 0.6) is 11.5 Å². The van der Waals surface area contributed by atoms with E-state index in [0.717, 1.165) is 67.8 Å². The minimum absolute atomic E-state index is 0.0566. The van der Waals surface area contributed by atoms with Crippen LogP contribution in [0, 0.1) is 17.7 Å². The Hall–Kier alpha value is -2.40. The van der Waals surface area contributed by atoms with E-state index in [2.05, 4.69) is 4.90 Å². The Balaban J connectivity index is 1.34. The second-order valence-electron chi connectivity index (χ2n) is 8.67. The molecule has 1 aliphatic carbocycles. The Morgan fingerprint density at radius 2 is 1.74 bits per heavy atom. The molecule has 4 rings (SSSR count). The smallest absolute Gasteiger partial charge is 0.166 e. The first-order valence-corrected chi connectivity index (χ1v) is 11.5. The van der Waals surface area contributed by atoms with Crippen LogP contribution in [0.15, 0.2) is 36.4 Å². The van der Waals surface area contributed by atoms with Gasteiger partial charge in [-0.1, -0.05) is 12.1 Å². The zero-order valence-electron chi connectivity index (χ0n) is 18.5. The van der Waals surface area contributed by atoms with Gasteiger partial charge in [-0.2, -0.15) is 0 Å². The SMILES string of the molecule is CCOc1cc2c(cc1OCC)C(=O)C(CC1CCN(Cc3cccc(F)c3)CC1)C2. The third kappa shape index (κ3) is 5.09. The highest BCUT2D eigenvalue weighted by molar-refractivity contribution is 6.02. The molecule has 1 atom stereocenters. The molecule has 0 saturated carbocycles. The van der Waals surface area contributed by atoms with Crippen molar-refractivity contribution in [3.8, 4) is 11.5 Å². The summed E-state index contributed by atoms with van der Waals surface area (Å²) >= 11 is 0. The second-order valence-corrected chi connectivity index (χ2v) is 8.67. The molecule has 2 aliphatic rings. The molecule has 1 fully saturated rings. The number of carbonyl (C=O) groups is 1. The standard InChI is InChI=1S/C26H32FNO3/c1-3-30-24-15-20-14-21(26(29)23(20)16-25(24)31-4-2)12-18-8-10-28(11-9-18)17-19-6-5-7-22(27)13-19/h5-7,13,15-16,18,21H,3-4,8-12,14,17H2,1-2H3. The minimum Gasteiger partial charge on any atom is -0.490 e. The van der Waals surface area contributed by atoms with Crippen LogP contribution in [0.1, 0.15) is 54.6 Å². The summed E-state index contributed by atoms with van der Waals surface area (Å²) < 4.78 is 24.9. The van der Waals surface area contributed by atoms with Crippen molar-refractivity contribution in [2.24, 2.45) is 11.8 Å². The van der Waals surface area contributed by atoms with E-state index in [1.807, 2.05) is 32.0 Å². The molecule has 0 bridgehead atoms. The Morgan fingerprint density at radius 3 is 2.42 bits per heavy atom. The molecular formula is C26H32FNO3. The summed E-state index contributed by atoms with van der Waals surface area (Å²) in [5, 5.41) is 0. The van der Waals surface area contributed by atoms with E-state index in [4.69, 9.17) is 9.47 Å². The highest BCUT2D eigenvalue weighted by Gasteiger charge is 2.34. The molecule has 0 aromatic heterocycles. The van der Waals surface area contributed by atoms with Gasteiger partial charge in [-0.05, 0) is 93.9 Å². The summed E-state index contributed by atoms with van der Waals surface area (Å²) in [7, 11) is 0. The average molecular weight is 426 g/mol. The normalized spacial score (nSPS) is 19.5. The molecule has 31 heavy (non-hydrogen) atoms.